The zero-order valence-electron chi connectivity index (χ0n) is 4.88. The van der Waals surface area contributed by atoms with Crippen LogP contribution in [0.15, 0.2) is 11.0 Å². The Kier molecular flexibility index (Phi) is 2.31. The van der Waals surface area contributed by atoms with Crippen LogP contribution in [0.1, 0.15) is 4.44 Å². The van der Waals surface area contributed by atoms with Gasteiger partial charge in [-0.3, -0.25) is 0 Å². The minimum atomic E-state index is 0.192. The summed E-state index contributed by atoms with van der Waals surface area (Å²) in [5.41, 5.74) is 0. The van der Waals surface area contributed by atoms with Crippen molar-refractivity contribution < 1.29 is 5.11 Å². The van der Waals surface area contributed by atoms with Crippen molar-refractivity contribution in [1.82, 2.24) is 0 Å². The second kappa shape index (κ2) is 2.85. The average Bonchev–Trinajstić information content (AvgIpc) is 1.83. The van der Waals surface area contributed by atoms with Crippen molar-refractivity contribution in [3.63, 3.8) is 0 Å². The first-order valence-electron chi connectivity index (χ1n) is 2.47. The summed E-state index contributed by atoms with van der Waals surface area (Å²) in [6.45, 7) is 1.89. The quantitative estimate of drug-likeness (QED) is 0.587. The van der Waals surface area contributed by atoms with Gasteiger partial charge in [0.1, 0.15) is 0 Å². The van der Waals surface area contributed by atoms with Gasteiger partial charge < -0.3 is 0 Å². The SMILES string of the molecule is Cc1[se]ccc(=[Se])c1[O-]. The molecule has 0 N–H and O–H groups in total. The van der Waals surface area contributed by atoms with Gasteiger partial charge in [0, 0.05) is 0 Å². The van der Waals surface area contributed by atoms with Crippen LogP contribution in [0.4, 0.5) is 0 Å². The van der Waals surface area contributed by atoms with Gasteiger partial charge in [-0.1, -0.05) is 0 Å². The van der Waals surface area contributed by atoms with E-state index in [1.165, 1.54) is 0 Å². The summed E-state index contributed by atoms with van der Waals surface area (Å²) < 4.78 is 1.74. The third kappa shape index (κ3) is 1.56. The van der Waals surface area contributed by atoms with Gasteiger partial charge in [-0.2, -0.15) is 0 Å². The van der Waals surface area contributed by atoms with Crippen LogP contribution < -0.4 is 5.11 Å². The van der Waals surface area contributed by atoms with E-state index in [1.807, 2.05) is 13.0 Å². The second-order valence-electron chi connectivity index (χ2n) is 1.67. The Hall–Kier alpha value is 0.189. The van der Waals surface area contributed by atoms with E-state index in [-0.39, 0.29) is 5.75 Å². The van der Waals surface area contributed by atoms with E-state index < -0.39 is 0 Å². The maximum atomic E-state index is 11.0. The van der Waals surface area contributed by atoms with E-state index in [9.17, 15) is 5.11 Å². The van der Waals surface area contributed by atoms with E-state index >= 15 is 0 Å². The molecular weight excluding hydrogens is 246 g/mol. The van der Waals surface area contributed by atoms with Gasteiger partial charge in [0.25, 0.3) is 0 Å². The van der Waals surface area contributed by atoms with Crippen LogP contribution in [0, 0.1) is 11.0 Å². The van der Waals surface area contributed by atoms with Gasteiger partial charge in [-0.15, -0.1) is 0 Å². The van der Waals surface area contributed by atoms with E-state index in [0.29, 0.717) is 14.5 Å². The van der Waals surface area contributed by atoms with Crippen LogP contribution in [-0.2, 0) is 0 Å². The number of hydrogen-bond acceptors (Lipinski definition) is 1. The van der Waals surface area contributed by atoms with E-state index in [1.54, 1.807) is 0 Å². The van der Waals surface area contributed by atoms with Crippen molar-refractivity contribution in [2.45, 2.75) is 6.92 Å². The predicted molar refractivity (Wildman–Crippen MR) is 36.6 cm³/mol. The van der Waals surface area contributed by atoms with Crippen LogP contribution in [0.25, 0.3) is 0 Å². The molecule has 0 unspecified atom stereocenters. The monoisotopic (exact) mass is 253 g/mol. The van der Waals surface area contributed by atoms with Crippen molar-refractivity contribution in [2.75, 3.05) is 0 Å². The Morgan fingerprint density at radius 1 is 1.67 bits per heavy atom. The van der Waals surface area contributed by atoms with Crippen molar-refractivity contribution in [2.24, 2.45) is 0 Å². The summed E-state index contributed by atoms with van der Waals surface area (Å²) in [5, 5.41) is 11.0. The van der Waals surface area contributed by atoms with E-state index in [4.69, 9.17) is 0 Å². The Labute approximate surface area is 67.5 Å². The summed E-state index contributed by atoms with van der Waals surface area (Å²) >= 11 is 3.04. The standard InChI is InChI=1S/C6H6OSe2/c1-4-6(7)5(8)2-3-9-4/h2-3,7H,1H3/p-1. The molecule has 1 rings (SSSR count). The molecule has 1 heterocycles. The fourth-order valence-electron chi connectivity index (χ4n) is 0.501. The van der Waals surface area contributed by atoms with Gasteiger partial charge in [0.15, 0.2) is 0 Å². The van der Waals surface area contributed by atoms with Crippen molar-refractivity contribution in [3.05, 3.63) is 19.5 Å². The summed E-state index contributed by atoms with van der Waals surface area (Å²) in [6.07, 6.45) is 0. The minimum absolute atomic E-state index is 0.192. The first-order chi connectivity index (χ1) is 4.22. The fraction of sp³-hybridized carbons (Fsp3) is 0.167. The summed E-state index contributed by atoms with van der Waals surface area (Å²) in [6, 6.07) is 1.86. The fourth-order valence-corrected chi connectivity index (χ4v) is 3.04. The molecule has 0 saturated heterocycles. The normalized spacial score (nSPS) is 9.44. The van der Waals surface area contributed by atoms with Gasteiger partial charge in [-0.25, -0.2) is 0 Å². The third-order valence-corrected chi connectivity index (χ3v) is 3.38. The Morgan fingerprint density at radius 3 is 2.78 bits per heavy atom. The molecule has 0 aliphatic carbocycles. The zero-order valence-corrected chi connectivity index (χ0v) is 8.31. The third-order valence-electron chi connectivity index (χ3n) is 1.01. The van der Waals surface area contributed by atoms with Crippen molar-refractivity contribution >= 4 is 30.1 Å². The molecule has 0 spiro atoms. The molecule has 0 fully saturated rings. The van der Waals surface area contributed by atoms with Crippen LogP contribution in [0.2, 0.25) is 0 Å². The Balaban J connectivity index is 3.43. The molecule has 0 radical (unpaired) electrons. The average molecular weight is 251 g/mol. The molecule has 0 amide bonds. The molecule has 9 heavy (non-hydrogen) atoms. The zero-order chi connectivity index (χ0) is 6.85. The molecule has 1 aromatic heterocycles. The van der Waals surface area contributed by atoms with Gasteiger partial charge in [0.2, 0.25) is 0 Å². The van der Waals surface area contributed by atoms with Crippen molar-refractivity contribution in [3.8, 4) is 5.75 Å². The number of rotatable bonds is 0. The molecule has 1 nitrogen and oxygen atoms in total. The molecule has 0 aliphatic rings. The molecule has 48 valence electrons. The molecule has 0 saturated carbocycles. The Morgan fingerprint density at radius 2 is 2.33 bits per heavy atom. The van der Waals surface area contributed by atoms with Crippen molar-refractivity contribution in [1.29, 1.82) is 0 Å². The summed E-state index contributed by atoms with van der Waals surface area (Å²) in [4.78, 5) is 2.05. The molecular formula is C6H5OSe2-. The summed E-state index contributed by atoms with van der Waals surface area (Å²) in [7, 11) is 0. The van der Waals surface area contributed by atoms with Gasteiger partial charge in [0.05, 0.1) is 0 Å². The van der Waals surface area contributed by atoms with E-state index in [2.05, 4.69) is 20.5 Å². The molecule has 1 aromatic rings. The van der Waals surface area contributed by atoms with Crippen LogP contribution in [-0.4, -0.2) is 30.1 Å². The Bertz CT molecular complexity index is 264. The molecule has 0 aromatic carbocycles. The molecule has 0 bridgehead atoms. The van der Waals surface area contributed by atoms with E-state index in [0.717, 1.165) is 8.50 Å². The maximum absolute atomic E-state index is 11.0. The second-order valence-corrected chi connectivity index (χ2v) is 4.94. The summed E-state index contributed by atoms with van der Waals surface area (Å²) in [5.74, 6) is 0.192. The number of aryl methyl sites for hydroxylation is 1. The predicted octanol–water partition coefficient (Wildman–Crippen LogP) is -0.174. The molecule has 0 aliphatic heterocycles. The first-order valence-corrected chi connectivity index (χ1v) is 5.17. The molecule has 0 atom stereocenters. The van der Waals surface area contributed by atoms with Crippen LogP contribution in [0.5, 0.6) is 5.75 Å². The van der Waals surface area contributed by atoms with Gasteiger partial charge >= 0.3 is 67.4 Å². The first kappa shape index (κ1) is 7.30. The van der Waals surface area contributed by atoms with Gasteiger partial charge in [-0.05, 0) is 0 Å². The number of hydrogen-bond donors (Lipinski definition) is 0. The van der Waals surface area contributed by atoms with Crippen LogP contribution >= 0.6 is 0 Å². The molecule has 3 heteroatoms. The topological polar surface area (TPSA) is 23.1 Å². The van der Waals surface area contributed by atoms with Crippen LogP contribution in [0.3, 0.4) is 0 Å².